The fourth-order valence-corrected chi connectivity index (χ4v) is 2.68. The Morgan fingerprint density at radius 2 is 2.05 bits per heavy atom. The molecule has 0 aliphatic carbocycles. The van der Waals surface area contributed by atoms with E-state index in [0.717, 1.165) is 43.8 Å². The fraction of sp³-hybridized carbons (Fsp3) is 0.769. The SMILES string of the molecule is Cc1cc(B2OCCNCCO2)n(C2CCCCO2)n1. The van der Waals surface area contributed by atoms with Crippen LogP contribution < -0.4 is 10.9 Å². The molecule has 1 aromatic rings. The van der Waals surface area contributed by atoms with Crippen LogP contribution in [0.5, 0.6) is 0 Å². The van der Waals surface area contributed by atoms with E-state index in [9.17, 15) is 0 Å². The van der Waals surface area contributed by atoms with Crippen molar-refractivity contribution in [3.8, 4) is 0 Å². The van der Waals surface area contributed by atoms with Gasteiger partial charge in [-0.15, -0.1) is 0 Å². The first-order chi connectivity index (χ1) is 9.84. The third-order valence-corrected chi connectivity index (χ3v) is 3.65. The molecule has 0 saturated carbocycles. The van der Waals surface area contributed by atoms with Gasteiger partial charge in [-0.1, -0.05) is 0 Å². The maximum atomic E-state index is 5.84. The number of aromatic nitrogens is 2. The van der Waals surface area contributed by atoms with E-state index in [1.807, 2.05) is 17.7 Å². The molecule has 7 heteroatoms. The van der Waals surface area contributed by atoms with Gasteiger partial charge in [0.25, 0.3) is 0 Å². The van der Waals surface area contributed by atoms with E-state index >= 15 is 0 Å². The number of nitrogens with one attached hydrogen (secondary N) is 1. The van der Waals surface area contributed by atoms with Crippen molar-refractivity contribution in [2.45, 2.75) is 32.4 Å². The molecule has 6 nitrogen and oxygen atoms in total. The maximum Gasteiger partial charge on any atom is 0.513 e. The molecule has 1 unspecified atom stereocenters. The van der Waals surface area contributed by atoms with Crippen LogP contribution in [0, 0.1) is 6.92 Å². The first-order valence-corrected chi connectivity index (χ1v) is 7.46. The van der Waals surface area contributed by atoms with E-state index in [4.69, 9.17) is 14.0 Å². The summed E-state index contributed by atoms with van der Waals surface area (Å²) in [5, 5.41) is 7.82. The molecule has 20 heavy (non-hydrogen) atoms. The van der Waals surface area contributed by atoms with Gasteiger partial charge in [0.05, 0.1) is 11.3 Å². The van der Waals surface area contributed by atoms with Gasteiger partial charge < -0.3 is 19.4 Å². The molecule has 0 radical (unpaired) electrons. The standard InChI is InChI=1S/C13H22BN3O3/c1-11-10-12(14-19-8-5-15-6-9-20-14)17(16-11)13-4-2-3-7-18-13/h10,13,15H,2-9H2,1H3. The van der Waals surface area contributed by atoms with Gasteiger partial charge in [-0.3, -0.25) is 0 Å². The second-order valence-electron chi connectivity index (χ2n) is 5.30. The Kier molecular flexibility index (Phi) is 4.72. The monoisotopic (exact) mass is 279 g/mol. The lowest BCUT2D eigenvalue weighted by atomic mass is 9.83. The smallest absolute Gasteiger partial charge is 0.405 e. The summed E-state index contributed by atoms with van der Waals surface area (Å²) in [5.41, 5.74) is 1.94. The van der Waals surface area contributed by atoms with Crippen molar-refractivity contribution in [1.82, 2.24) is 15.1 Å². The van der Waals surface area contributed by atoms with E-state index in [1.165, 1.54) is 6.42 Å². The average Bonchev–Trinajstić information content (AvgIpc) is 2.81. The number of nitrogens with zero attached hydrogens (tertiary/aromatic N) is 2. The lowest BCUT2D eigenvalue weighted by Crippen LogP contribution is -2.47. The van der Waals surface area contributed by atoms with Crippen molar-refractivity contribution >= 4 is 12.7 Å². The molecule has 110 valence electrons. The van der Waals surface area contributed by atoms with Crippen LogP contribution in [0.2, 0.25) is 0 Å². The molecule has 1 atom stereocenters. The zero-order valence-electron chi connectivity index (χ0n) is 12.0. The van der Waals surface area contributed by atoms with Crippen LogP contribution >= 0.6 is 0 Å². The van der Waals surface area contributed by atoms with Crippen LogP contribution in [-0.2, 0) is 14.0 Å². The van der Waals surface area contributed by atoms with Gasteiger partial charge in [0.1, 0.15) is 6.23 Å². The Labute approximate surface area is 119 Å². The summed E-state index contributed by atoms with van der Waals surface area (Å²) >= 11 is 0. The van der Waals surface area contributed by atoms with Gasteiger partial charge in [0.15, 0.2) is 0 Å². The molecule has 3 rings (SSSR count). The molecule has 2 aliphatic heterocycles. The third-order valence-electron chi connectivity index (χ3n) is 3.65. The van der Waals surface area contributed by atoms with E-state index < -0.39 is 0 Å². The molecule has 1 N–H and O–H groups in total. The summed E-state index contributed by atoms with van der Waals surface area (Å²) in [6.07, 6.45) is 3.33. The molecule has 0 bridgehead atoms. The quantitative estimate of drug-likeness (QED) is 0.785. The highest BCUT2D eigenvalue weighted by molar-refractivity contribution is 6.60. The largest absolute Gasteiger partial charge is 0.513 e. The van der Waals surface area contributed by atoms with Gasteiger partial charge in [-0.2, -0.15) is 5.10 Å². The van der Waals surface area contributed by atoms with Crippen molar-refractivity contribution < 1.29 is 14.0 Å². The second kappa shape index (κ2) is 6.71. The van der Waals surface area contributed by atoms with Gasteiger partial charge >= 0.3 is 7.12 Å². The van der Waals surface area contributed by atoms with Gasteiger partial charge in [-0.25, -0.2) is 4.68 Å². The van der Waals surface area contributed by atoms with Crippen LogP contribution in [0.4, 0.5) is 0 Å². The van der Waals surface area contributed by atoms with Crippen LogP contribution in [-0.4, -0.2) is 49.8 Å². The van der Waals surface area contributed by atoms with Crippen molar-refractivity contribution in [1.29, 1.82) is 0 Å². The normalized spacial score (nSPS) is 25.2. The Hall–Kier alpha value is -0.885. The molecule has 0 aromatic carbocycles. The number of hydrogen-bond donors (Lipinski definition) is 1. The number of aryl methyl sites for hydroxylation is 1. The molecule has 3 heterocycles. The van der Waals surface area contributed by atoms with Crippen molar-refractivity contribution in [3.63, 3.8) is 0 Å². The van der Waals surface area contributed by atoms with E-state index in [0.29, 0.717) is 13.2 Å². The molecule has 2 saturated heterocycles. The van der Waals surface area contributed by atoms with Crippen LogP contribution in [0.15, 0.2) is 6.07 Å². The lowest BCUT2D eigenvalue weighted by Gasteiger charge is -2.26. The fourth-order valence-electron chi connectivity index (χ4n) is 2.68. The molecule has 2 aliphatic rings. The van der Waals surface area contributed by atoms with Crippen molar-refractivity contribution in [2.75, 3.05) is 32.9 Å². The summed E-state index contributed by atoms with van der Waals surface area (Å²) < 4.78 is 19.4. The minimum absolute atomic E-state index is 0.0169. The zero-order valence-corrected chi connectivity index (χ0v) is 12.0. The number of ether oxygens (including phenoxy) is 1. The predicted octanol–water partition coefficient (Wildman–Crippen LogP) is 0.222. The molecule has 1 aromatic heterocycles. The zero-order chi connectivity index (χ0) is 13.8. The summed E-state index contributed by atoms with van der Waals surface area (Å²) in [4.78, 5) is 0. The van der Waals surface area contributed by atoms with E-state index in [2.05, 4.69) is 10.4 Å². The second-order valence-corrected chi connectivity index (χ2v) is 5.30. The summed E-state index contributed by atoms with van der Waals surface area (Å²) in [5.74, 6) is 0. The van der Waals surface area contributed by atoms with Gasteiger partial charge in [-0.05, 0) is 32.3 Å². The highest BCUT2D eigenvalue weighted by Gasteiger charge is 2.30. The number of rotatable bonds is 2. The van der Waals surface area contributed by atoms with Crippen LogP contribution in [0.1, 0.15) is 31.2 Å². The Balaban J connectivity index is 1.79. The summed E-state index contributed by atoms with van der Waals surface area (Å²) in [6.45, 7) is 5.78. The van der Waals surface area contributed by atoms with Gasteiger partial charge in [0, 0.05) is 32.9 Å². The minimum atomic E-state index is -0.344. The van der Waals surface area contributed by atoms with Gasteiger partial charge in [0.2, 0.25) is 0 Å². The number of hydrogen-bond acceptors (Lipinski definition) is 5. The molecular weight excluding hydrogens is 257 g/mol. The van der Waals surface area contributed by atoms with E-state index in [-0.39, 0.29) is 13.3 Å². The highest BCUT2D eigenvalue weighted by Crippen LogP contribution is 2.21. The lowest BCUT2D eigenvalue weighted by molar-refractivity contribution is -0.0382. The molecule has 0 amide bonds. The van der Waals surface area contributed by atoms with Crippen molar-refractivity contribution in [3.05, 3.63) is 11.8 Å². The first kappa shape index (κ1) is 14.1. The first-order valence-electron chi connectivity index (χ1n) is 7.46. The molecular formula is C13H22BN3O3. The Morgan fingerprint density at radius 3 is 2.75 bits per heavy atom. The van der Waals surface area contributed by atoms with Crippen LogP contribution in [0.3, 0.4) is 0 Å². The molecule has 0 spiro atoms. The van der Waals surface area contributed by atoms with Crippen LogP contribution in [0.25, 0.3) is 0 Å². The predicted molar refractivity (Wildman–Crippen MR) is 76.0 cm³/mol. The topological polar surface area (TPSA) is 57.5 Å². The summed E-state index contributed by atoms with van der Waals surface area (Å²) in [7, 11) is -0.344. The maximum absolute atomic E-state index is 5.84. The Bertz CT molecular complexity index is 426. The minimum Gasteiger partial charge on any atom is -0.405 e. The average molecular weight is 279 g/mol. The third kappa shape index (κ3) is 3.23. The Morgan fingerprint density at radius 1 is 1.25 bits per heavy atom. The van der Waals surface area contributed by atoms with Crippen molar-refractivity contribution in [2.24, 2.45) is 0 Å². The molecule has 2 fully saturated rings. The highest BCUT2D eigenvalue weighted by atomic mass is 16.6. The van der Waals surface area contributed by atoms with E-state index in [1.54, 1.807) is 0 Å². The summed E-state index contributed by atoms with van der Waals surface area (Å²) in [6, 6.07) is 2.04.